The molecule has 4 nitrogen and oxygen atoms in total. The van der Waals surface area contributed by atoms with Gasteiger partial charge in [0.1, 0.15) is 5.75 Å². The third-order valence-electron chi connectivity index (χ3n) is 4.37. The highest BCUT2D eigenvalue weighted by Gasteiger charge is 2.39. The van der Waals surface area contributed by atoms with Crippen molar-refractivity contribution in [2.75, 3.05) is 19.6 Å². The summed E-state index contributed by atoms with van der Waals surface area (Å²) in [5.41, 5.74) is 2.07. The Kier molecular flexibility index (Phi) is 4.25. The van der Waals surface area contributed by atoms with E-state index in [9.17, 15) is 9.90 Å². The van der Waals surface area contributed by atoms with Crippen molar-refractivity contribution in [3.05, 3.63) is 29.3 Å². The Morgan fingerprint density at radius 1 is 1.40 bits per heavy atom. The fourth-order valence-electron chi connectivity index (χ4n) is 3.10. The number of hydrogen-bond donors (Lipinski definition) is 2. The third kappa shape index (κ3) is 2.63. The summed E-state index contributed by atoms with van der Waals surface area (Å²) < 4.78 is 0. The van der Waals surface area contributed by atoms with E-state index >= 15 is 0 Å². The molecule has 1 fully saturated rings. The molecule has 0 spiro atoms. The molecule has 0 bridgehead atoms. The summed E-state index contributed by atoms with van der Waals surface area (Å²) in [7, 11) is 0. The molecule has 1 atom stereocenters. The summed E-state index contributed by atoms with van der Waals surface area (Å²) in [5.74, 6) is 0.522. The monoisotopic (exact) mass is 296 g/mol. The number of rotatable bonds is 1. The van der Waals surface area contributed by atoms with Crippen molar-refractivity contribution in [1.82, 2.24) is 10.2 Å². The molecule has 1 saturated heterocycles. The highest BCUT2D eigenvalue weighted by atomic mass is 35.5. The van der Waals surface area contributed by atoms with E-state index < -0.39 is 0 Å². The Labute approximate surface area is 125 Å². The van der Waals surface area contributed by atoms with Crippen LogP contribution >= 0.6 is 12.4 Å². The standard InChI is InChI=1S/C15H20N2O2.ClH/c1-15(5-6-16-10-15)14(19)17-7-4-11-2-3-13(18)8-12(11)9-17;/h2-3,8,16,18H,4-7,9-10H2,1H3;1H. The summed E-state index contributed by atoms with van der Waals surface area (Å²) in [6.45, 7) is 5.15. The van der Waals surface area contributed by atoms with Gasteiger partial charge in [0, 0.05) is 19.6 Å². The van der Waals surface area contributed by atoms with Crippen LogP contribution in [0.15, 0.2) is 18.2 Å². The number of halogens is 1. The number of aromatic hydroxyl groups is 1. The highest BCUT2D eigenvalue weighted by molar-refractivity contribution is 5.85. The number of nitrogens with zero attached hydrogens (tertiary/aromatic N) is 1. The maximum Gasteiger partial charge on any atom is 0.230 e. The van der Waals surface area contributed by atoms with Gasteiger partial charge in [0.05, 0.1) is 5.41 Å². The second-order valence-electron chi connectivity index (χ2n) is 5.92. The van der Waals surface area contributed by atoms with Gasteiger partial charge in [-0.1, -0.05) is 6.07 Å². The van der Waals surface area contributed by atoms with Gasteiger partial charge >= 0.3 is 0 Å². The van der Waals surface area contributed by atoms with Gasteiger partial charge in [-0.3, -0.25) is 4.79 Å². The van der Waals surface area contributed by atoms with Crippen LogP contribution < -0.4 is 5.32 Å². The minimum Gasteiger partial charge on any atom is -0.508 e. The topological polar surface area (TPSA) is 52.6 Å². The number of amides is 1. The largest absolute Gasteiger partial charge is 0.508 e. The number of benzene rings is 1. The molecule has 5 heteroatoms. The predicted octanol–water partition coefficient (Wildman–Crippen LogP) is 1.70. The first-order valence-electron chi connectivity index (χ1n) is 6.89. The minimum absolute atomic E-state index is 0. The summed E-state index contributed by atoms with van der Waals surface area (Å²) in [6.07, 6.45) is 1.79. The van der Waals surface area contributed by atoms with Gasteiger partial charge in [0.25, 0.3) is 0 Å². The lowest BCUT2D eigenvalue weighted by atomic mass is 9.87. The molecule has 2 heterocycles. The van der Waals surface area contributed by atoms with E-state index in [1.165, 1.54) is 5.56 Å². The molecule has 0 radical (unpaired) electrons. The van der Waals surface area contributed by atoms with Gasteiger partial charge in [-0.05, 0) is 49.6 Å². The zero-order chi connectivity index (χ0) is 13.5. The summed E-state index contributed by atoms with van der Waals surface area (Å²) in [4.78, 5) is 14.6. The van der Waals surface area contributed by atoms with Crippen LogP contribution in [0.1, 0.15) is 24.5 Å². The molecule has 1 amide bonds. The van der Waals surface area contributed by atoms with Crippen molar-refractivity contribution in [3.8, 4) is 5.75 Å². The molecule has 1 unspecified atom stereocenters. The van der Waals surface area contributed by atoms with E-state index in [0.29, 0.717) is 6.54 Å². The van der Waals surface area contributed by atoms with E-state index in [1.807, 2.05) is 17.9 Å². The molecular formula is C15H21ClN2O2. The number of carbonyl (C=O) groups is 1. The lowest BCUT2D eigenvalue weighted by Gasteiger charge is -2.34. The van der Waals surface area contributed by atoms with Gasteiger partial charge in [0.15, 0.2) is 0 Å². The molecule has 2 N–H and O–H groups in total. The Morgan fingerprint density at radius 2 is 2.20 bits per heavy atom. The van der Waals surface area contributed by atoms with Gasteiger partial charge in [0.2, 0.25) is 5.91 Å². The lowest BCUT2D eigenvalue weighted by molar-refractivity contribution is -0.141. The first-order chi connectivity index (χ1) is 9.08. The molecule has 1 aromatic rings. The zero-order valence-electron chi connectivity index (χ0n) is 11.7. The van der Waals surface area contributed by atoms with Crippen LogP contribution in [0.5, 0.6) is 5.75 Å². The van der Waals surface area contributed by atoms with E-state index in [-0.39, 0.29) is 29.5 Å². The average Bonchev–Trinajstić information content (AvgIpc) is 2.85. The summed E-state index contributed by atoms with van der Waals surface area (Å²) in [5, 5.41) is 12.8. The van der Waals surface area contributed by atoms with Crippen LogP contribution in [0.2, 0.25) is 0 Å². The summed E-state index contributed by atoms with van der Waals surface area (Å²) in [6, 6.07) is 5.47. The Hall–Kier alpha value is -1.26. The molecule has 3 rings (SSSR count). The molecule has 0 aromatic heterocycles. The molecule has 0 saturated carbocycles. The molecule has 2 aliphatic heterocycles. The van der Waals surface area contributed by atoms with Crippen LogP contribution in [0, 0.1) is 5.41 Å². The van der Waals surface area contributed by atoms with Gasteiger partial charge < -0.3 is 15.3 Å². The fraction of sp³-hybridized carbons (Fsp3) is 0.533. The number of phenols is 1. The maximum absolute atomic E-state index is 12.6. The number of nitrogens with one attached hydrogen (secondary N) is 1. The lowest BCUT2D eigenvalue weighted by Crippen LogP contribution is -2.45. The second-order valence-corrected chi connectivity index (χ2v) is 5.92. The van der Waals surface area contributed by atoms with Crippen molar-refractivity contribution in [2.24, 2.45) is 5.41 Å². The van der Waals surface area contributed by atoms with E-state index in [0.717, 1.165) is 38.0 Å². The van der Waals surface area contributed by atoms with Crippen molar-refractivity contribution >= 4 is 18.3 Å². The molecule has 0 aliphatic carbocycles. The average molecular weight is 297 g/mol. The molecule has 2 aliphatic rings. The normalized spacial score (nSPS) is 24.9. The van der Waals surface area contributed by atoms with Crippen molar-refractivity contribution < 1.29 is 9.90 Å². The van der Waals surface area contributed by atoms with E-state index in [2.05, 4.69) is 5.32 Å². The summed E-state index contributed by atoms with van der Waals surface area (Å²) >= 11 is 0. The van der Waals surface area contributed by atoms with Crippen molar-refractivity contribution in [2.45, 2.75) is 26.3 Å². The van der Waals surface area contributed by atoms with Crippen LogP contribution in [0.25, 0.3) is 0 Å². The fourth-order valence-corrected chi connectivity index (χ4v) is 3.10. The Balaban J connectivity index is 0.00000147. The van der Waals surface area contributed by atoms with Gasteiger partial charge in [-0.15, -0.1) is 12.4 Å². The maximum atomic E-state index is 12.6. The molecular weight excluding hydrogens is 276 g/mol. The van der Waals surface area contributed by atoms with E-state index in [1.54, 1.807) is 12.1 Å². The number of carbonyl (C=O) groups excluding carboxylic acids is 1. The predicted molar refractivity (Wildman–Crippen MR) is 80.1 cm³/mol. The number of fused-ring (bicyclic) bond motifs is 1. The van der Waals surface area contributed by atoms with Crippen LogP contribution in [0.3, 0.4) is 0 Å². The van der Waals surface area contributed by atoms with Gasteiger partial charge in [-0.2, -0.15) is 0 Å². The molecule has 20 heavy (non-hydrogen) atoms. The minimum atomic E-state index is -0.256. The zero-order valence-corrected chi connectivity index (χ0v) is 12.5. The quantitative estimate of drug-likeness (QED) is 0.829. The second kappa shape index (κ2) is 5.62. The Morgan fingerprint density at radius 3 is 2.90 bits per heavy atom. The first kappa shape index (κ1) is 15.1. The number of hydrogen-bond acceptors (Lipinski definition) is 3. The SMILES string of the molecule is CC1(C(=O)N2CCc3ccc(O)cc3C2)CCNC1.Cl. The van der Waals surface area contributed by atoms with Crippen LogP contribution in [-0.4, -0.2) is 35.5 Å². The molecule has 110 valence electrons. The van der Waals surface area contributed by atoms with Crippen molar-refractivity contribution in [3.63, 3.8) is 0 Å². The first-order valence-corrected chi connectivity index (χ1v) is 6.89. The van der Waals surface area contributed by atoms with Crippen molar-refractivity contribution in [1.29, 1.82) is 0 Å². The third-order valence-corrected chi connectivity index (χ3v) is 4.37. The number of phenolic OH excluding ortho intramolecular Hbond substituents is 1. The van der Waals surface area contributed by atoms with Crippen LogP contribution in [-0.2, 0) is 17.8 Å². The van der Waals surface area contributed by atoms with E-state index in [4.69, 9.17) is 0 Å². The smallest absolute Gasteiger partial charge is 0.230 e. The van der Waals surface area contributed by atoms with Crippen LogP contribution in [0.4, 0.5) is 0 Å². The molecule has 1 aromatic carbocycles. The highest BCUT2D eigenvalue weighted by Crippen LogP contribution is 2.30. The van der Waals surface area contributed by atoms with Gasteiger partial charge in [-0.25, -0.2) is 0 Å². The Bertz CT molecular complexity index is 513.